The lowest BCUT2D eigenvalue weighted by molar-refractivity contribution is 0.341. The van der Waals surface area contributed by atoms with E-state index < -0.39 is 6.17 Å². The summed E-state index contributed by atoms with van der Waals surface area (Å²) in [5, 5.41) is 4.19. The molecule has 0 radical (unpaired) electrons. The van der Waals surface area contributed by atoms with Crippen molar-refractivity contribution in [1.29, 1.82) is 0 Å². The second kappa shape index (κ2) is 2.83. The van der Waals surface area contributed by atoms with Crippen LogP contribution in [0.2, 0.25) is 0 Å². The average Bonchev–Trinajstić information content (AvgIpc) is 2.55. The van der Waals surface area contributed by atoms with Gasteiger partial charge in [0.2, 0.25) is 0 Å². The Bertz CT molecular complexity index is 308. The molecule has 0 saturated heterocycles. The summed E-state index contributed by atoms with van der Waals surface area (Å²) in [6.07, 6.45) is 0.629. The van der Waals surface area contributed by atoms with Crippen LogP contribution in [0.1, 0.15) is 30.8 Å². The number of hydrogen-bond acceptors (Lipinski definition) is 1. The second-order valence-electron chi connectivity index (χ2n) is 2.97. The van der Waals surface area contributed by atoms with Gasteiger partial charge in [-0.25, -0.2) is 4.39 Å². The molecule has 1 atom stereocenters. The predicted octanol–water partition coefficient (Wildman–Crippen LogP) is 2.62. The molecule has 1 unspecified atom stereocenters. The highest BCUT2D eigenvalue weighted by Crippen LogP contribution is 2.38. The SMILES string of the molecule is CCn1nc(Br)c2c1CCC2F. The Balaban J connectivity index is 2.53. The summed E-state index contributed by atoms with van der Waals surface area (Å²) in [7, 11) is 0. The van der Waals surface area contributed by atoms with Crippen molar-refractivity contribution in [2.24, 2.45) is 0 Å². The molecule has 2 rings (SSSR count). The van der Waals surface area contributed by atoms with Gasteiger partial charge in [-0.3, -0.25) is 4.68 Å². The number of nitrogens with zero attached hydrogens (tertiary/aromatic N) is 2. The van der Waals surface area contributed by atoms with Gasteiger partial charge in [0.1, 0.15) is 10.8 Å². The summed E-state index contributed by atoms with van der Waals surface area (Å²) in [6, 6.07) is 0. The first-order chi connectivity index (χ1) is 5.74. The van der Waals surface area contributed by atoms with Crippen molar-refractivity contribution in [1.82, 2.24) is 9.78 Å². The van der Waals surface area contributed by atoms with E-state index in [9.17, 15) is 4.39 Å². The van der Waals surface area contributed by atoms with E-state index in [-0.39, 0.29) is 0 Å². The second-order valence-corrected chi connectivity index (χ2v) is 3.72. The molecule has 12 heavy (non-hydrogen) atoms. The third-order valence-electron chi connectivity index (χ3n) is 2.30. The number of hydrogen-bond donors (Lipinski definition) is 0. The Morgan fingerprint density at radius 2 is 2.50 bits per heavy atom. The zero-order valence-corrected chi connectivity index (χ0v) is 8.44. The number of fused-ring (bicyclic) bond motifs is 1. The summed E-state index contributed by atoms with van der Waals surface area (Å²) in [5.74, 6) is 0. The summed E-state index contributed by atoms with van der Waals surface area (Å²) < 4.78 is 15.8. The van der Waals surface area contributed by atoms with Crippen LogP contribution in [0.15, 0.2) is 4.60 Å². The van der Waals surface area contributed by atoms with Crippen LogP contribution in [0, 0.1) is 0 Å². The number of aromatic nitrogens is 2. The van der Waals surface area contributed by atoms with Crippen LogP contribution < -0.4 is 0 Å². The van der Waals surface area contributed by atoms with Gasteiger partial charge in [0.05, 0.1) is 0 Å². The molecule has 0 spiro atoms. The molecule has 1 aliphatic rings. The molecule has 0 saturated carbocycles. The fourth-order valence-corrected chi connectivity index (χ4v) is 2.39. The van der Waals surface area contributed by atoms with Crippen LogP contribution in [0.5, 0.6) is 0 Å². The van der Waals surface area contributed by atoms with E-state index in [4.69, 9.17) is 0 Å². The Kier molecular flexibility index (Phi) is 1.94. The lowest BCUT2D eigenvalue weighted by Crippen LogP contribution is -2.00. The van der Waals surface area contributed by atoms with Gasteiger partial charge in [-0.05, 0) is 35.7 Å². The molecule has 0 aliphatic heterocycles. The minimum atomic E-state index is -0.810. The van der Waals surface area contributed by atoms with E-state index >= 15 is 0 Å². The number of rotatable bonds is 1. The van der Waals surface area contributed by atoms with E-state index in [0.29, 0.717) is 11.0 Å². The maximum atomic E-state index is 13.2. The zero-order chi connectivity index (χ0) is 8.72. The van der Waals surface area contributed by atoms with Crippen molar-refractivity contribution < 1.29 is 4.39 Å². The topological polar surface area (TPSA) is 17.8 Å². The third kappa shape index (κ3) is 1.01. The molecule has 0 fully saturated rings. The fourth-order valence-electron chi connectivity index (χ4n) is 1.72. The summed E-state index contributed by atoms with van der Waals surface area (Å²) in [5.41, 5.74) is 1.84. The molecule has 4 heteroatoms. The predicted molar refractivity (Wildman–Crippen MR) is 47.8 cm³/mol. The van der Waals surface area contributed by atoms with Crippen molar-refractivity contribution in [3.63, 3.8) is 0 Å². The molecule has 1 heterocycles. The van der Waals surface area contributed by atoms with E-state index in [1.54, 1.807) is 0 Å². The number of alkyl halides is 1. The fraction of sp³-hybridized carbons (Fsp3) is 0.625. The standard InChI is InChI=1S/C8H10BrFN2/c1-2-12-6-4-3-5(10)7(6)8(9)11-12/h5H,2-4H2,1H3. The molecular formula is C8H10BrFN2. The maximum absolute atomic E-state index is 13.2. The first kappa shape index (κ1) is 8.23. The van der Waals surface area contributed by atoms with Gasteiger partial charge in [0.25, 0.3) is 0 Å². The van der Waals surface area contributed by atoms with Gasteiger partial charge >= 0.3 is 0 Å². The minimum Gasteiger partial charge on any atom is -0.268 e. The normalized spacial score (nSPS) is 21.4. The molecule has 66 valence electrons. The Hall–Kier alpha value is -0.380. The molecule has 2 nitrogen and oxygen atoms in total. The molecule has 0 amide bonds. The largest absolute Gasteiger partial charge is 0.268 e. The van der Waals surface area contributed by atoms with Crippen molar-refractivity contribution >= 4 is 15.9 Å². The van der Waals surface area contributed by atoms with E-state index in [2.05, 4.69) is 21.0 Å². The van der Waals surface area contributed by atoms with Crippen molar-refractivity contribution in [3.05, 3.63) is 15.9 Å². The lowest BCUT2D eigenvalue weighted by Gasteiger charge is -1.98. The first-order valence-corrected chi connectivity index (χ1v) is 4.92. The van der Waals surface area contributed by atoms with E-state index in [1.165, 1.54) is 0 Å². The number of halogens is 2. The Morgan fingerprint density at radius 3 is 3.17 bits per heavy atom. The van der Waals surface area contributed by atoms with Gasteiger partial charge < -0.3 is 0 Å². The van der Waals surface area contributed by atoms with Gasteiger partial charge in [0.15, 0.2) is 0 Å². The molecule has 1 aromatic rings. The van der Waals surface area contributed by atoms with Gasteiger partial charge in [-0.2, -0.15) is 5.10 Å². The Morgan fingerprint density at radius 1 is 1.75 bits per heavy atom. The smallest absolute Gasteiger partial charge is 0.134 e. The molecule has 0 N–H and O–H groups in total. The molecular weight excluding hydrogens is 223 g/mol. The highest BCUT2D eigenvalue weighted by Gasteiger charge is 2.29. The van der Waals surface area contributed by atoms with Gasteiger partial charge in [0, 0.05) is 17.8 Å². The van der Waals surface area contributed by atoms with Crippen molar-refractivity contribution in [2.45, 2.75) is 32.5 Å². The van der Waals surface area contributed by atoms with Crippen LogP contribution in [-0.2, 0) is 13.0 Å². The minimum absolute atomic E-state index is 0.617. The molecule has 1 aromatic heterocycles. The van der Waals surface area contributed by atoms with Gasteiger partial charge in [-0.15, -0.1) is 0 Å². The summed E-state index contributed by atoms with van der Waals surface area (Å²) in [6.45, 7) is 2.84. The van der Waals surface area contributed by atoms with Crippen LogP contribution in [-0.4, -0.2) is 9.78 Å². The quantitative estimate of drug-likeness (QED) is 0.729. The van der Waals surface area contributed by atoms with Crippen molar-refractivity contribution in [3.8, 4) is 0 Å². The average molecular weight is 233 g/mol. The van der Waals surface area contributed by atoms with Crippen molar-refractivity contribution in [2.75, 3.05) is 0 Å². The van der Waals surface area contributed by atoms with Crippen LogP contribution in [0.3, 0.4) is 0 Å². The van der Waals surface area contributed by atoms with E-state index in [1.807, 2.05) is 11.6 Å². The zero-order valence-electron chi connectivity index (χ0n) is 6.85. The summed E-state index contributed by atoms with van der Waals surface area (Å²) in [4.78, 5) is 0. The molecule has 0 aromatic carbocycles. The third-order valence-corrected chi connectivity index (χ3v) is 2.89. The molecule has 0 bridgehead atoms. The van der Waals surface area contributed by atoms with Crippen LogP contribution in [0.25, 0.3) is 0 Å². The summed E-state index contributed by atoms with van der Waals surface area (Å²) >= 11 is 3.28. The Labute approximate surface area is 78.9 Å². The van der Waals surface area contributed by atoms with E-state index in [0.717, 1.165) is 24.2 Å². The number of aryl methyl sites for hydroxylation is 1. The van der Waals surface area contributed by atoms with Crippen LogP contribution in [0.4, 0.5) is 4.39 Å². The lowest BCUT2D eigenvalue weighted by atomic mass is 10.2. The highest BCUT2D eigenvalue weighted by molar-refractivity contribution is 9.10. The highest BCUT2D eigenvalue weighted by atomic mass is 79.9. The maximum Gasteiger partial charge on any atom is 0.134 e. The molecule has 1 aliphatic carbocycles. The monoisotopic (exact) mass is 232 g/mol. The van der Waals surface area contributed by atoms with Crippen LogP contribution >= 0.6 is 15.9 Å². The van der Waals surface area contributed by atoms with Gasteiger partial charge in [-0.1, -0.05) is 0 Å². The first-order valence-electron chi connectivity index (χ1n) is 4.13.